The number of benzene rings is 1. The quantitative estimate of drug-likeness (QED) is 0.755. The highest BCUT2D eigenvalue weighted by Gasteiger charge is 2.18. The van der Waals surface area contributed by atoms with E-state index in [1.807, 2.05) is 19.1 Å². The Morgan fingerprint density at radius 2 is 1.83 bits per heavy atom. The van der Waals surface area contributed by atoms with Crippen LogP contribution in [0.15, 0.2) is 24.3 Å². The minimum atomic E-state index is -0.261. The summed E-state index contributed by atoms with van der Waals surface area (Å²) >= 11 is 0. The van der Waals surface area contributed by atoms with E-state index in [0.29, 0.717) is 19.3 Å². The van der Waals surface area contributed by atoms with Crippen molar-refractivity contribution < 1.29 is 14.7 Å². The molecule has 0 amide bonds. The van der Waals surface area contributed by atoms with Gasteiger partial charge in [-0.1, -0.05) is 26.0 Å². The number of carbonyl (C=O) groups excluding carboxylic acids is 2. The number of phenols is 1. The molecule has 0 saturated heterocycles. The van der Waals surface area contributed by atoms with E-state index in [4.69, 9.17) is 5.11 Å². The van der Waals surface area contributed by atoms with Gasteiger partial charge in [-0.05, 0) is 37.0 Å². The van der Waals surface area contributed by atoms with Crippen molar-refractivity contribution in [3.63, 3.8) is 0 Å². The maximum atomic E-state index is 11.6. The van der Waals surface area contributed by atoms with Crippen molar-refractivity contribution in [3.8, 4) is 5.75 Å². The summed E-state index contributed by atoms with van der Waals surface area (Å²) in [6.45, 7) is 3.70. The molecule has 98 valence electrons. The Kier molecular flexibility index (Phi) is 5.56. The monoisotopic (exact) mass is 248 g/mol. The van der Waals surface area contributed by atoms with E-state index in [1.54, 1.807) is 19.1 Å². The van der Waals surface area contributed by atoms with Gasteiger partial charge in [-0.25, -0.2) is 0 Å². The zero-order chi connectivity index (χ0) is 13.5. The van der Waals surface area contributed by atoms with Crippen LogP contribution in [0.4, 0.5) is 0 Å². The lowest BCUT2D eigenvalue weighted by Crippen LogP contribution is -2.21. The average molecular weight is 248 g/mol. The molecule has 1 unspecified atom stereocenters. The zero-order valence-electron chi connectivity index (χ0n) is 11.0. The molecule has 0 fully saturated rings. The third-order valence-corrected chi connectivity index (χ3v) is 3.14. The molecule has 0 bridgehead atoms. The molecule has 0 aromatic heterocycles. The maximum absolute atomic E-state index is 11.6. The standard InChI is InChI=1S/C15H20O3/c1-3-11(2)15(18)14(17)6-4-5-12-7-9-13(16)10-8-12/h7-11,16H,3-6H2,1-2H3. The third kappa shape index (κ3) is 4.32. The molecule has 0 heterocycles. The van der Waals surface area contributed by atoms with Crippen molar-refractivity contribution in [1.82, 2.24) is 0 Å². The molecule has 1 N–H and O–H groups in total. The number of rotatable bonds is 7. The highest BCUT2D eigenvalue weighted by Crippen LogP contribution is 2.13. The van der Waals surface area contributed by atoms with E-state index in [9.17, 15) is 9.59 Å². The van der Waals surface area contributed by atoms with Crippen LogP contribution in [0.2, 0.25) is 0 Å². The first-order chi connectivity index (χ1) is 8.54. The molecule has 1 aromatic carbocycles. The third-order valence-electron chi connectivity index (χ3n) is 3.14. The van der Waals surface area contributed by atoms with Crippen LogP contribution in [0.3, 0.4) is 0 Å². The van der Waals surface area contributed by atoms with Gasteiger partial charge in [0.1, 0.15) is 5.75 Å². The Morgan fingerprint density at radius 3 is 2.39 bits per heavy atom. The van der Waals surface area contributed by atoms with Gasteiger partial charge in [-0.2, -0.15) is 0 Å². The van der Waals surface area contributed by atoms with Crippen molar-refractivity contribution in [2.75, 3.05) is 0 Å². The molecule has 18 heavy (non-hydrogen) atoms. The summed E-state index contributed by atoms with van der Waals surface area (Å²) in [5, 5.41) is 9.13. The Bertz CT molecular complexity index is 406. The number of carbonyl (C=O) groups is 2. The Hall–Kier alpha value is -1.64. The molecule has 1 atom stereocenters. The van der Waals surface area contributed by atoms with Crippen molar-refractivity contribution in [2.45, 2.75) is 39.5 Å². The number of ketones is 2. The van der Waals surface area contributed by atoms with Crippen molar-refractivity contribution in [1.29, 1.82) is 0 Å². The SMILES string of the molecule is CCC(C)C(=O)C(=O)CCCc1ccc(O)cc1. The lowest BCUT2D eigenvalue weighted by atomic mass is 9.97. The first-order valence-electron chi connectivity index (χ1n) is 6.39. The van der Waals surface area contributed by atoms with Gasteiger partial charge < -0.3 is 5.11 Å². The van der Waals surface area contributed by atoms with Crippen LogP contribution in [0.1, 0.15) is 38.7 Å². The van der Waals surface area contributed by atoms with E-state index in [-0.39, 0.29) is 23.2 Å². The molecule has 0 saturated carbocycles. The minimum absolute atomic E-state index is 0.161. The highest BCUT2D eigenvalue weighted by atomic mass is 16.3. The fourth-order valence-electron chi connectivity index (χ4n) is 1.70. The summed E-state index contributed by atoms with van der Waals surface area (Å²) in [6, 6.07) is 6.91. The topological polar surface area (TPSA) is 54.4 Å². The molecule has 0 radical (unpaired) electrons. The number of aromatic hydroxyl groups is 1. The molecule has 0 spiro atoms. The number of hydrogen-bond donors (Lipinski definition) is 1. The second-order valence-corrected chi connectivity index (χ2v) is 4.62. The molecular weight excluding hydrogens is 228 g/mol. The fraction of sp³-hybridized carbons (Fsp3) is 0.467. The van der Waals surface area contributed by atoms with Crippen molar-refractivity contribution in [2.24, 2.45) is 5.92 Å². The van der Waals surface area contributed by atoms with Crippen LogP contribution >= 0.6 is 0 Å². The lowest BCUT2D eigenvalue weighted by Gasteiger charge is -2.06. The predicted molar refractivity (Wildman–Crippen MR) is 70.5 cm³/mol. The molecule has 3 nitrogen and oxygen atoms in total. The molecule has 3 heteroatoms. The summed E-state index contributed by atoms with van der Waals surface area (Å²) in [4.78, 5) is 23.2. The van der Waals surface area contributed by atoms with Crippen LogP contribution in [-0.4, -0.2) is 16.7 Å². The van der Waals surface area contributed by atoms with Crippen LogP contribution < -0.4 is 0 Å². The summed E-state index contributed by atoms with van der Waals surface area (Å²) < 4.78 is 0. The van der Waals surface area contributed by atoms with Crippen LogP contribution in [0, 0.1) is 5.92 Å². The Morgan fingerprint density at radius 1 is 1.22 bits per heavy atom. The first kappa shape index (κ1) is 14.4. The lowest BCUT2D eigenvalue weighted by molar-refractivity contribution is -0.138. The number of phenolic OH excluding ortho intramolecular Hbond substituents is 1. The van der Waals surface area contributed by atoms with Crippen molar-refractivity contribution in [3.05, 3.63) is 29.8 Å². The number of aryl methyl sites for hydroxylation is 1. The van der Waals surface area contributed by atoms with Gasteiger partial charge in [0.2, 0.25) is 5.78 Å². The molecule has 1 aromatic rings. The molecule has 0 aliphatic rings. The van der Waals surface area contributed by atoms with Gasteiger partial charge in [-0.15, -0.1) is 0 Å². The normalized spacial score (nSPS) is 12.1. The van der Waals surface area contributed by atoms with Crippen molar-refractivity contribution >= 4 is 11.6 Å². The Balaban J connectivity index is 2.35. The average Bonchev–Trinajstić information content (AvgIpc) is 2.39. The number of hydrogen-bond acceptors (Lipinski definition) is 3. The van der Waals surface area contributed by atoms with Crippen LogP contribution in [-0.2, 0) is 16.0 Å². The second kappa shape index (κ2) is 6.94. The van der Waals surface area contributed by atoms with Gasteiger partial charge in [-0.3, -0.25) is 9.59 Å². The second-order valence-electron chi connectivity index (χ2n) is 4.62. The highest BCUT2D eigenvalue weighted by molar-refractivity contribution is 6.37. The van der Waals surface area contributed by atoms with Gasteiger partial charge in [0.15, 0.2) is 5.78 Å². The predicted octanol–water partition coefficient (Wildman–Crippen LogP) is 2.90. The van der Waals surface area contributed by atoms with Crippen LogP contribution in [0.5, 0.6) is 5.75 Å². The van der Waals surface area contributed by atoms with Crippen LogP contribution in [0.25, 0.3) is 0 Å². The first-order valence-corrected chi connectivity index (χ1v) is 6.39. The summed E-state index contributed by atoms with van der Waals surface area (Å²) in [5.41, 5.74) is 1.07. The van der Waals surface area contributed by atoms with E-state index in [1.165, 1.54) is 0 Å². The summed E-state index contributed by atoms with van der Waals surface area (Å²) in [7, 11) is 0. The van der Waals surface area contributed by atoms with E-state index in [0.717, 1.165) is 12.0 Å². The largest absolute Gasteiger partial charge is 0.508 e. The molecule has 0 aliphatic carbocycles. The maximum Gasteiger partial charge on any atom is 0.201 e. The fourth-order valence-corrected chi connectivity index (χ4v) is 1.70. The molecule has 1 rings (SSSR count). The van der Waals surface area contributed by atoms with E-state index in [2.05, 4.69) is 0 Å². The zero-order valence-corrected chi connectivity index (χ0v) is 11.0. The molecule has 0 aliphatic heterocycles. The summed E-state index contributed by atoms with van der Waals surface area (Å²) in [5.74, 6) is -0.431. The van der Waals surface area contributed by atoms with Gasteiger partial charge in [0.05, 0.1) is 0 Å². The van der Waals surface area contributed by atoms with Gasteiger partial charge >= 0.3 is 0 Å². The Labute approximate surface area is 108 Å². The van der Waals surface area contributed by atoms with E-state index < -0.39 is 0 Å². The summed E-state index contributed by atoms with van der Waals surface area (Å²) in [6.07, 6.45) is 2.44. The van der Waals surface area contributed by atoms with Gasteiger partial charge in [0, 0.05) is 12.3 Å². The van der Waals surface area contributed by atoms with E-state index >= 15 is 0 Å². The number of Topliss-reactive ketones (excluding diaryl/α,β-unsaturated/α-hetero) is 2. The minimum Gasteiger partial charge on any atom is -0.508 e. The molecular formula is C15H20O3. The smallest absolute Gasteiger partial charge is 0.201 e. The van der Waals surface area contributed by atoms with Gasteiger partial charge in [0.25, 0.3) is 0 Å².